The van der Waals surface area contributed by atoms with Crippen LogP contribution in [0.15, 0.2) is 59.6 Å². The standard InChI is InChI=1S/C17H15NO3/c1-20-14-9-7-13(8-10-14)16-18-15(17(19)21-16)11-12-5-3-2-4-6-12/h2-10,15H,11H2,1H3. The van der Waals surface area contributed by atoms with Crippen LogP contribution in [0.1, 0.15) is 11.1 Å². The van der Waals surface area contributed by atoms with E-state index in [-0.39, 0.29) is 5.97 Å². The van der Waals surface area contributed by atoms with E-state index in [1.807, 2.05) is 54.6 Å². The molecule has 0 radical (unpaired) electrons. The fourth-order valence-electron chi connectivity index (χ4n) is 2.22. The van der Waals surface area contributed by atoms with Crippen molar-refractivity contribution >= 4 is 11.9 Å². The summed E-state index contributed by atoms with van der Waals surface area (Å²) in [4.78, 5) is 16.3. The largest absolute Gasteiger partial charge is 0.497 e. The summed E-state index contributed by atoms with van der Waals surface area (Å²) < 4.78 is 10.4. The smallest absolute Gasteiger partial charge is 0.338 e. The molecule has 106 valence electrons. The highest BCUT2D eigenvalue weighted by Gasteiger charge is 2.29. The Morgan fingerprint density at radius 1 is 1.10 bits per heavy atom. The summed E-state index contributed by atoms with van der Waals surface area (Å²) in [5, 5.41) is 0. The van der Waals surface area contributed by atoms with E-state index in [0.717, 1.165) is 16.9 Å². The van der Waals surface area contributed by atoms with Crippen LogP contribution in [-0.2, 0) is 16.0 Å². The van der Waals surface area contributed by atoms with Crippen molar-refractivity contribution in [1.29, 1.82) is 0 Å². The average molecular weight is 281 g/mol. The monoisotopic (exact) mass is 281 g/mol. The molecule has 0 saturated heterocycles. The Hall–Kier alpha value is -2.62. The van der Waals surface area contributed by atoms with Gasteiger partial charge in [-0.3, -0.25) is 0 Å². The van der Waals surface area contributed by atoms with Crippen molar-refractivity contribution in [3.05, 3.63) is 65.7 Å². The molecule has 2 aromatic carbocycles. The van der Waals surface area contributed by atoms with Crippen LogP contribution in [0.5, 0.6) is 5.75 Å². The Kier molecular flexibility index (Phi) is 3.69. The van der Waals surface area contributed by atoms with Gasteiger partial charge in [-0.25, -0.2) is 9.79 Å². The molecule has 0 aromatic heterocycles. The van der Waals surface area contributed by atoms with Crippen molar-refractivity contribution in [1.82, 2.24) is 0 Å². The van der Waals surface area contributed by atoms with Crippen LogP contribution in [0.2, 0.25) is 0 Å². The second kappa shape index (κ2) is 5.79. The van der Waals surface area contributed by atoms with Gasteiger partial charge in [-0.2, -0.15) is 0 Å². The third-order valence-corrected chi connectivity index (χ3v) is 3.35. The van der Waals surface area contributed by atoms with E-state index in [1.165, 1.54) is 0 Å². The van der Waals surface area contributed by atoms with Crippen molar-refractivity contribution < 1.29 is 14.3 Å². The molecule has 1 unspecified atom stereocenters. The van der Waals surface area contributed by atoms with Crippen LogP contribution >= 0.6 is 0 Å². The number of nitrogens with zero attached hydrogens (tertiary/aromatic N) is 1. The van der Waals surface area contributed by atoms with Gasteiger partial charge in [0.25, 0.3) is 0 Å². The molecule has 0 aliphatic carbocycles. The Morgan fingerprint density at radius 2 is 1.81 bits per heavy atom. The normalized spacial score (nSPS) is 17.3. The van der Waals surface area contributed by atoms with Gasteiger partial charge in [0.15, 0.2) is 6.04 Å². The van der Waals surface area contributed by atoms with Crippen LogP contribution in [0.25, 0.3) is 0 Å². The number of carbonyl (C=O) groups excluding carboxylic acids is 1. The zero-order valence-electron chi connectivity index (χ0n) is 11.7. The number of hydrogen-bond donors (Lipinski definition) is 0. The number of hydrogen-bond acceptors (Lipinski definition) is 4. The highest BCUT2D eigenvalue weighted by molar-refractivity contribution is 6.06. The number of methoxy groups -OCH3 is 1. The van der Waals surface area contributed by atoms with Gasteiger partial charge >= 0.3 is 5.97 Å². The maximum atomic E-state index is 11.9. The van der Waals surface area contributed by atoms with E-state index in [2.05, 4.69) is 4.99 Å². The number of aliphatic imine (C=N–C) groups is 1. The second-order valence-electron chi connectivity index (χ2n) is 4.79. The first kappa shape index (κ1) is 13.4. The third-order valence-electron chi connectivity index (χ3n) is 3.35. The molecule has 1 aliphatic rings. The summed E-state index contributed by atoms with van der Waals surface area (Å²) in [6, 6.07) is 16.6. The van der Waals surface area contributed by atoms with Crippen molar-refractivity contribution in [3.8, 4) is 5.75 Å². The summed E-state index contributed by atoms with van der Waals surface area (Å²) in [6.07, 6.45) is 0.555. The van der Waals surface area contributed by atoms with Crippen molar-refractivity contribution in [2.45, 2.75) is 12.5 Å². The number of benzene rings is 2. The lowest BCUT2D eigenvalue weighted by Gasteiger charge is -2.02. The van der Waals surface area contributed by atoms with Gasteiger partial charge < -0.3 is 9.47 Å². The number of rotatable bonds is 4. The first-order valence-corrected chi connectivity index (χ1v) is 6.74. The van der Waals surface area contributed by atoms with Crippen LogP contribution in [0.3, 0.4) is 0 Å². The molecule has 21 heavy (non-hydrogen) atoms. The molecular formula is C17H15NO3. The zero-order chi connectivity index (χ0) is 14.7. The van der Waals surface area contributed by atoms with E-state index >= 15 is 0 Å². The maximum absolute atomic E-state index is 11.9. The SMILES string of the molecule is COc1ccc(C2=NC(Cc3ccccc3)C(=O)O2)cc1. The minimum atomic E-state index is -0.468. The molecule has 0 N–H and O–H groups in total. The molecule has 3 rings (SSSR count). The minimum absolute atomic E-state index is 0.301. The fraction of sp³-hybridized carbons (Fsp3) is 0.176. The molecule has 0 bridgehead atoms. The third kappa shape index (κ3) is 2.94. The summed E-state index contributed by atoms with van der Waals surface area (Å²) in [5.41, 5.74) is 1.85. The molecule has 0 fully saturated rings. The molecule has 1 aliphatic heterocycles. The van der Waals surface area contributed by atoms with Crippen LogP contribution < -0.4 is 4.74 Å². The fourth-order valence-corrected chi connectivity index (χ4v) is 2.22. The second-order valence-corrected chi connectivity index (χ2v) is 4.79. The van der Waals surface area contributed by atoms with E-state index < -0.39 is 6.04 Å². The predicted molar refractivity (Wildman–Crippen MR) is 79.6 cm³/mol. The zero-order valence-corrected chi connectivity index (χ0v) is 11.7. The highest BCUT2D eigenvalue weighted by atomic mass is 16.6. The van der Waals surface area contributed by atoms with Gasteiger partial charge in [0.05, 0.1) is 7.11 Å². The molecular weight excluding hydrogens is 266 g/mol. The molecule has 0 saturated carbocycles. The van der Waals surface area contributed by atoms with Gasteiger partial charge in [0.2, 0.25) is 5.90 Å². The van der Waals surface area contributed by atoms with Gasteiger partial charge in [-0.05, 0) is 29.8 Å². The van der Waals surface area contributed by atoms with E-state index in [1.54, 1.807) is 7.11 Å². The molecule has 2 aromatic rings. The van der Waals surface area contributed by atoms with Crippen LogP contribution in [-0.4, -0.2) is 25.0 Å². The van der Waals surface area contributed by atoms with Crippen molar-refractivity contribution in [3.63, 3.8) is 0 Å². The van der Waals surface area contributed by atoms with Gasteiger partial charge in [-0.1, -0.05) is 30.3 Å². The van der Waals surface area contributed by atoms with Gasteiger partial charge in [0.1, 0.15) is 5.75 Å². The van der Waals surface area contributed by atoms with Crippen molar-refractivity contribution in [2.75, 3.05) is 7.11 Å². The number of esters is 1. The lowest BCUT2D eigenvalue weighted by molar-refractivity contribution is -0.134. The van der Waals surface area contributed by atoms with Crippen LogP contribution in [0.4, 0.5) is 0 Å². The van der Waals surface area contributed by atoms with Crippen LogP contribution in [0, 0.1) is 0 Å². The van der Waals surface area contributed by atoms with E-state index in [4.69, 9.17) is 9.47 Å². The lowest BCUT2D eigenvalue weighted by Crippen LogP contribution is -2.17. The first-order chi connectivity index (χ1) is 10.3. The summed E-state index contributed by atoms with van der Waals surface area (Å²) in [7, 11) is 1.61. The predicted octanol–water partition coefficient (Wildman–Crippen LogP) is 2.61. The van der Waals surface area contributed by atoms with E-state index in [0.29, 0.717) is 12.3 Å². The summed E-state index contributed by atoms with van der Waals surface area (Å²) in [5.74, 6) is 0.831. The highest BCUT2D eigenvalue weighted by Crippen LogP contribution is 2.19. The van der Waals surface area contributed by atoms with Gasteiger partial charge in [-0.15, -0.1) is 0 Å². The first-order valence-electron chi connectivity index (χ1n) is 6.74. The lowest BCUT2D eigenvalue weighted by atomic mass is 10.1. The number of ether oxygens (including phenoxy) is 2. The number of cyclic esters (lactones) is 1. The molecule has 0 amide bonds. The molecule has 4 heteroatoms. The Morgan fingerprint density at radius 3 is 2.48 bits per heavy atom. The topological polar surface area (TPSA) is 47.9 Å². The Labute approximate surface area is 123 Å². The quantitative estimate of drug-likeness (QED) is 0.809. The average Bonchev–Trinajstić information content (AvgIpc) is 2.89. The van der Waals surface area contributed by atoms with E-state index in [9.17, 15) is 4.79 Å². The summed E-state index contributed by atoms with van der Waals surface area (Å²) >= 11 is 0. The number of carbonyl (C=O) groups is 1. The van der Waals surface area contributed by atoms with Gasteiger partial charge in [0, 0.05) is 12.0 Å². The molecule has 1 heterocycles. The maximum Gasteiger partial charge on any atom is 0.338 e. The molecule has 4 nitrogen and oxygen atoms in total. The van der Waals surface area contributed by atoms with Crippen molar-refractivity contribution in [2.24, 2.45) is 4.99 Å². The molecule has 0 spiro atoms. The Balaban J connectivity index is 1.78. The molecule has 1 atom stereocenters. The minimum Gasteiger partial charge on any atom is -0.497 e. The Bertz CT molecular complexity index is 662. The summed E-state index contributed by atoms with van der Waals surface area (Å²) in [6.45, 7) is 0.